The minimum absolute atomic E-state index is 0.347. The number of hydrogen-bond acceptors (Lipinski definition) is 3. The highest BCUT2D eigenvalue weighted by Gasteiger charge is 2.14. The Balaban J connectivity index is 2.37. The van der Waals surface area contributed by atoms with Crippen molar-refractivity contribution in [3.05, 3.63) is 57.1 Å². The topological polar surface area (TPSA) is 48.0 Å². The molecule has 0 amide bonds. The highest BCUT2D eigenvalue weighted by Crippen LogP contribution is 2.24. The van der Waals surface area contributed by atoms with E-state index in [1.807, 2.05) is 32.0 Å². The molecular formula is C16H16N2O2. The van der Waals surface area contributed by atoms with E-state index in [2.05, 4.69) is 18.9 Å². The number of benzene rings is 1. The normalized spacial score (nSPS) is 11.2. The number of aryl methyl sites for hydroxylation is 4. The zero-order valence-electron chi connectivity index (χ0n) is 12.0. The molecule has 0 fully saturated rings. The first kappa shape index (κ1) is 12.7. The van der Waals surface area contributed by atoms with Crippen LogP contribution in [-0.4, -0.2) is 9.78 Å². The van der Waals surface area contributed by atoms with Crippen molar-refractivity contribution in [2.24, 2.45) is 0 Å². The molecule has 4 heteroatoms. The molecule has 4 nitrogen and oxygen atoms in total. The SMILES string of the molecule is Cc1ccc(-n2nc(C)c3c(C)cc(=O)oc32)cc1C. The summed E-state index contributed by atoms with van der Waals surface area (Å²) in [6.45, 7) is 7.94. The second-order valence-electron chi connectivity index (χ2n) is 5.19. The van der Waals surface area contributed by atoms with E-state index < -0.39 is 0 Å². The smallest absolute Gasteiger partial charge is 0.337 e. The summed E-state index contributed by atoms with van der Waals surface area (Å²) in [7, 11) is 0. The predicted octanol–water partition coefficient (Wildman–Crippen LogP) is 3.21. The van der Waals surface area contributed by atoms with Crippen molar-refractivity contribution in [2.75, 3.05) is 0 Å². The fraction of sp³-hybridized carbons (Fsp3) is 0.250. The maximum Gasteiger partial charge on any atom is 0.337 e. The van der Waals surface area contributed by atoms with Crippen LogP contribution in [0.5, 0.6) is 0 Å². The average molecular weight is 268 g/mol. The van der Waals surface area contributed by atoms with Crippen LogP contribution in [0.4, 0.5) is 0 Å². The third kappa shape index (κ3) is 1.84. The highest BCUT2D eigenvalue weighted by molar-refractivity contribution is 5.81. The number of rotatable bonds is 1. The predicted molar refractivity (Wildman–Crippen MR) is 78.6 cm³/mol. The summed E-state index contributed by atoms with van der Waals surface area (Å²) in [6, 6.07) is 7.57. The second kappa shape index (κ2) is 4.34. The van der Waals surface area contributed by atoms with E-state index in [9.17, 15) is 4.79 Å². The second-order valence-corrected chi connectivity index (χ2v) is 5.19. The van der Waals surface area contributed by atoms with Crippen LogP contribution >= 0.6 is 0 Å². The maximum atomic E-state index is 11.6. The molecule has 0 saturated carbocycles. The van der Waals surface area contributed by atoms with Gasteiger partial charge in [-0.25, -0.2) is 4.79 Å². The molecule has 0 spiro atoms. The van der Waals surface area contributed by atoms with Crippen molar-refractivity contribution in [3.8, 4) is 5.69 Å². The Morgan fingerprint density at radius 2 is 1.75 bits per heavy atom. The summed E-state index contributed by atoms with van der Waals surface area (Å²) in [5.41, 5.74) is 5.22. The summed E-state index contributed by atoms with van der Waals surface area (Å²) in [5, 5.41) is 5.42. The van der Waals surface area contributed by atoms with Crippen LogP contribution in [0.25, 0.3) is 16.8 Å². The fourth-order valence-corrected chi connectivity index (χ4v) is 2.46. The molecule has 2 aromatic heterocycles. The van der Waals surface area contributed by atoms with Gasteiger partial charge >= 0.3 is 5.63 Å². The molecule has 1 aromatic carbocycles. The maximum absolute atomic E-state index is 11.6. The van der Waals surface area contributed by atoms with Crippen LogP contribution in [0.15, 0.2) is 33.5 Å². The van der Waals surface area contributed by atoms with Crippen molar-refractivity contribution >= 4 is 11.1 Å². The zero-order valence-corrected chi connectivity index (χ0v) is 12.0. The summed E-state index contributed by atoms with van der Waals surface area (Å²) >= 11 is 0. The van der Waals surface area contributed by atoms with Crippen molar-refractivity contribution in [2.45, 2.75) is 27.7 Å². The van der Waals surface area contributed by atoms with Crippen LogP contribution in [-0.2, 0) is 0 Å². The lowest BCUT2D eigenvalue weighted by atomic mass is 10.1. The fourth-order valence-electron chi connectivity index (χ4n) is 2.46. The standard InChI is InChI=1S/C16H16N2O2/c1-9-5-6-13(7-10(9)2)18-16-15(12(4)17-18)11(3)8-14(19)20-16/h5-8H,1-4H3. The molecule has 102 valence electrons. The molecule has 0 radical (unpaired) electrons. The lowest BCUT2D eigenvalue weighted by Crippen LogP contribution is -2.02. The third-order valence-corrected chi connectivity index (χ3v) is 3.68. The number of hydrogen-bond donors (Lipinski definition) is 0. The third-order valence-electron chi connectivity index (χ3n) is 3.68. The van der Waals surface area contributed by atoms with Gasteiger partial charge in [-0.05, 0) is 56.5 Å². The number of aromatic nitrogens is 2. The van der Waals surface area contributed by atoms with Crippen molar-refractivity contribution in [1.29, 1.82) is 0 Å². The van der Waals surface area contributed by atoms with Gasteiger partial charge < -0.3 is 4.42 Å². The molecule has 0 saturated heterocycles. The van der Waals surface area contributed by atoms with Gasteiger partial charge in [-0.3, -0.25) is 0 Å². The van der Waals surface area contributed by atoms with Gasteiger partial charge in [0.1, 0.15) is 0 Å². The van der Waals surface area contributed by atoms with Gasteiger partial charge in [0, 0.05) is 6.07 Å². The molecule has 0 aliphatic carbocycles. The first-order valence-corrected chi connectivity index (χ1v) is 6.55. The monoisotopic (exact) mass is 268 g/mol. The van der Waals surface area contributed by atoms with E-state index in [1.54, 1.807) is 4.68 Å². The molecule has 0 aliphatic heterocycles. The van der Waals surface area contributed by atoms with Crippen LogP contribution in [0.3, 0.4) is 0 Å². The Morgan fingerprint density at radius 3 is 2.45 bits per heavy atom. The van der Waals surface area contributed by atoms with Crippen molar-refractivity contribution in [1.82, 2.24) is 9.78 Å². The Labute approximate surface area is 116 Å². The van der Waals surface area contributed by atoms with Crippen LogP contribution < -0.4 is 5.63 Å². The Hall–Kier alpha value is -2.36. The number of fused-ring (bicyclic) bond motifs is 1. The quantitative estimate of drug-likeness (QED) is 0.681. The Bertz CT molecular complexity index is 872. The molecule has 3 rings (SSSR count). The van der Waals surface area contributed by atoms with Crippen molar-refractivity contribution < 1.29 is 4.42 Å². The average Bonchev–Trinajstić information content (AvgIpc) is 2.70. The summed E-state index contributed by atoms with van der Waals surface area (Å²) in [4.78, 5) is 11.6. The highest BCUT2D eigenvalue weighted by atomic mass is 16.4. The van der Waals surface area contributed by atoms with E-state index in [0.717, 1.165) is 22.3 Å². The van der Waals surface area contributed by atoms with Gasteiger partial charge in [-0.15, -0.1) is 0 Å². The first-order valence-electron chi connectivity index (χ1n) is 6.55. The van der Waals surface area contributed by atoms with E-state index in [1.165, 1.54) is 17.2 Å². The number of nitrogens with zero attached hydrogens (tertiary/aromatic N) is 2. The minimum Gasteiger partial charge on any atom is -0.403 e. The van der Waals surface area contributed by atoms with E-state index in [4.69, 9.17) is 4.42 Å². The summed E-state index contributed by atoms with van der Waals surface area (Å²) < 4.78 is 7.06. The molecule has 0 bridgehead atoms. The molecule has 0 aliphatic rings. The van der Waals surface area contributed by atoms with Crippen LogP contribution in [0.1, 0.15) is 22.4 Å². The van der Waals surface area contributed by atoms with Crippen molar-refractivity contribution in [3.63, 3.8) is 0 Å². The van der Waals surface area contributed by atoms with E-state index in [-0.39, 0.29) is 5.63 Å². The van der Waals surface area contributed by atoms with Crippen LogP contribution in [0, 0.1) is 27.7 Å². The molecule has 3 aromatic rings. The lowest BCUT2D eigenvalue weighted by molar-refractivity contribution is 0.534. The lowest BCUT2D eigenvalue weighted by Gasteiger charge is -2.05. The van der Waals surface area contributed by atoms with Gasteiger partial charge in [-0.1, -0.05) is 6.07 Å². The first-order chi connectivity index (χ1) is 9.47. The van der Waals surface area contributed by atoms with Gasteiger partial charge in [0.05, 0.1) is 16.8 Å². The Kier molecular flexibility index (Phi) is 2.74. The largest absolute Gasteiger partial charge is 0.403 e. The molecular weight excluding hydrogens is 252 g/mol. The molecule has 0 N–H and O–H groups in total. The van der Waals surface area contributed by atoms with Crippen LogP contribution in [0.2, 0.25) is 0 Å². The van der Waals surface area contributed by atoms with Gasteiger partial charge in [-0.2, -0.15) is 9.78 Å². The minimum atomic E-state index is -0.347. The Morgan fingerprint density at radius 1 is 1.00 bits per heavy atom. The summed E-state index contributed by atoms with van der Waals surface area (Å²) in [5.74, 6) is 0. The van der Waals surface area contributed by atoms with Gasteiger partial charge in [0.2, 0.25) is 5.71 Å². The molecule has 20 heavy (non-hydrogen) atoms. The summed E-state index contributed by atoms with van der Waals surface area (Å²) in [6.07, 6.45) is 0. The van der Waals surface area contributed by atoms with E-state index >= 15 is 0 Å². The van der Waals surface area contributed by atoms with Gasteiger partial charge in [0.25, 0.3) is 0 Å². The van der Waals surface area contributed by atoms with Gasteiger partial charge in [0.15, 0.2) is 0 Å². The van der Waals surface area contributed by atoms with E-state index in [0.29, 0.717) is 5.71 Å². The molecule has 0 atom stereocenters. The molecule has 2 heterocycles. The molecule has 0 unspecified atom stereocenters. The zero-order chi connectivity index (χ0) is 14.4.